The highest BCUT2D eigenvalue weighted by atomic mass is 32.2. The fourth-order valence-electron chi connectivity index (χ4n) is 2.47. The highest BCUT2D eigenvalue weighted by Crippen LogP contribution is 2.07. The van der Waals surface area contributed by atoms with Gasteiger partial charge in [0.1, 0.15) is 12.1 Å². The Morgan fingerprint density at radius 1 is 1.26 bits per heavy atom. The molecule has 0 aliphatic carbocycles. The Labute approximate surface area is 163 Å². The van der Waals surface area contributed by atoms with E-state index in [1.165, 1.54) is 18.1 Å². The molecule has 1 aromatic heterocycles. The van der Waals surface area contributed by atoms with Crippen LogP contribution >= 0.6 is 11.8 Å². The number of thioether (sulfide) groups is 1. The molecule has 0 bridgehead atoms. The van der Waals surface area contributed by atoms with Gasteiger partial charge in [-0.05, 0) is 30.8 Å². The lowest BCUT2D eigenvalue weighted by Crippen LogP contribution is -2.55. The lowest BCUT2D eigenvalue weighted by molar-refractivity contribution is -0.142. The van der Waals surface area contributed by atoms with Crippen LogP contribution in [0.5, 0.6) is 0 Å². The zero-order valence-electron chi connectivity index (χ0n) is 15.9. The monoisotopic (exact) mass is 399 g/mol. The Bertz CT molecular complexity index is 608. The number of H-pyrrole nitrogens is 1. The minimum absolute atomic E-state index is 0.105. The van der Waals surface area contributed by atoms with Crippen LogP contribution in [0, 0.1) is 5.92 Å². The summed E-state index contributed by atoms with van der Waals surface area (Å²) >= 11 is 1.53. The summed E-state index contributed by atoms with van der Waals surface area (Å²) in [5, 5.41) is 14.5. The van der Waals surface area contributed by atoms with Crippen LogP contribution in [0.4, 0.5) is 0 Å². The Morgan fingerprint density at radius 2 is 1.93 bits per heavy atom. The number of aromatic nitrogens is 2. The zero-order valence-corrected chi connectivity index (χ0v) is 16.7. The van der Waals surface area contributed by atoms with Crippen LogP contribution < -0.4 is 16.4 Å². The van der Waals surface area contributed by atoms with Gasteiger partial charge in [0.2, 0.25) is 11.8 Å². The number of carbonyl (C=O) groups excluding carboxylic acids is 2. The molecule has 1 aromatic rings. The third-order valence-electron chi connectivity index (χ3n) is 3.90. The highest BCUT2D eigenvalue weighted by Gasteiger charge is 2.28. The van der Waals surface area contributed by atoms with Crippen LogP contribution in [0.25, 0.3) is 0 Å². The number of nitrogens with zero attached hydrogens (tertiary/aromatic N) is 1. The van der Waals surface area contributed by atoms with Gasteiger partial charge in [0, 0.05) is 18.3 Å². The molecule has 0 radical (unpaired) electrons. The molecule has 9 nitrogen and oxygen atoms in total. The summed E-state index contributed by atoms with van der Waals surface area (Å²) in [6.45, 7) is 3.76. The second kappa shape index (κ2) is 11.6. The first-order valence-corrected chi connectivity index (χ1v) is 10.2. The van der Waals surface area contributed by atoms with Crippen molar-refractivity contribution in [2.75, 3.05) is 12.0 Å². The van der Waals surface area contributed by atoms with Crippen molar-refractivity contribution >= 4 is 29.5 Å². The van der Waals surface area contributed by atoms with Gasteiger partial charge in [-0.2, -0.15) is 11.8 Å². The maximum atomic E-state index is 12.6. The largest absolute Gasteiger partial charge is 0.480 e. The van der Waals surface area contributed by atoms with E-state index in [-0.39, 0.29) is 12.3 Å². The zero-order chi connectivity index (χ0) is 20.4. The van der Waals surface area contributed by atoms with Crippen molar-refractivity contribution in [1.29, 1.82) is 0 Å². The van der Waals surface area contributed by atoms with Crippen molar-refractivity contribution in [2.45, 2.75) is 51.2 Å². The number of hydrogen-bond acceptors (Lipinski definition) is 6. The summed E-state index contributed by atoms with van der Waals surface area (Å²) in [4.78, 5) is 43.1. The standard InChI is InChI=1S/C17H29N5O4S/c1-10(2)6-14(17(25)26)22-16(24)13(4-5-27-3)21-15(23)12(18)7-11-8-19-9-20-11/h8-10,12-14H,4-7,18H2,1-3H3,(H,19,20)(H,21,23)(H,22,24)(H,25,26)/t12-,13-,14-/m0/s1. The molecule has 0 fully saturated rings. The molecule has 0 saturated heterocycles. The average Bonchev–Trinajstić information content (AvgIpc) is 3.09. The van der Waals surface area contributed by atoms with E-state index in [4.69, 9.17) is 5.73 Å². The molecule has 1 heterocycles. The van der Waals surface area contributed by atoms with Crippen molar-refractivity contribution in [3.05, 3.63) is 18.2 Å². The summed E-state index contributed by atoms with van der Waals surface area (Å²) in [5.41, 5.74) is 6.62. The minimum atomic E-state index is -1.09. The molecule has 0 aromatic carbocycles. The maximum Gasteiger partial charge on any atom is 0.326 e. The number of hydrogen-bond donors (Lipinski definition) is 5. The third kappa shape index (κ3) is 8.44. The lowest BCUT2D eigenvalue weighted by atomic mass is 10.0. The molecule has 6 N–H and O–H groups in total. The van der Waals surface area contributed by atoms with E-state index in [2.05, 4.69) is 20.6 Å². The second-order valence-electron chi connectivity index (χ2n) is 6.76. The first kappa shape index (κ1) is 23.0. The van der Waals surface area contributed by atoms with Gasteiger partial charge in [0.15, 0.2) is 0 Å². The van der Waals surface area contributed by atoms with E-state index in [0.29, 0.717) is 24.3 Å². The predicted octanol–water partition coefficient (Wildman–Crippen LogP) is 0.133. The fourth-order valence-corrected chi connectivity index (χ4v) is 2.95. The summed E-state index contributed by atoms with van der Waals surface area (Å²) in [7, 11) is 0. The molecule has 0 unspecified atom stereocenters. The van der Waals surface area contributed by atoms with Crippen LogP contribution in [-0.4, -0.2) is 63.0 Å². The molecule has 0 saturated carbocycles. The maximum absolute atomic E-state index is 12.6. The minimum Gasteiger partial charge on any atom is -0.480 e. The molecule has 1 rings (SSSR count). The SMILES string of the molecule is CSCC[C@H](NC(=O)[C@@H](N)Cc1cnc[nH]1)C(=O)N[C@@H](CC(C)C)C(=O)O. The Hall–Kier alpha value is -2.07. The smallest absolute Gasteiger partial charge is 0.326 e. The number of aliphatic carboxylic acids is 1. The Balaban J connectivity index is 2.73. The van der Waals surface area contributed by atoms with Gasteiger partial charge in [-0.15, -0.1) is 0 Å². The molecule has 0 spiro atoms. The van der Waals surface area contributed by atoms with Crippen molar-refractivity contribution in [3.8, 4) is 0 Å². The van der Waals surface area contributed by atoms with Gasteiger partial charge in [-0.25, -0.2) is 9.78 Å². The number of nitrogens with two attached hydrogens (primary N) is 1. The van der Waals surface area contributed by atoms with E-state index in [1.54, 1.807) is 6.20 Å². The van der Waals surface area contributed by atoms with Gasteiger partial charge >= 0.3 is 5.97 Å². The van der Waals surface area contributed by atoms with Crippen LogP contribution in [0.15, 0.2) is 12.5 Å². The average molecular weight is 400 g/mol. The van der Waals surface area contributed by atoms with E-state index >= 15 is 0 Å². The molecule has 27 heavy (non-hydrogen) atoms. The van der Waals surface area contributed by atoms with Crippen molar-refractivity contribution in [1.82, 2.24) is 20.6 Å². The molecule has 0 aliphatic heterocycles. The van der Waals surface area contributed by atoms with Crippen LogP contribution in [0.1, 0.15) is 32.4 Å². The van der Waals surface area contributed by atoms with Gasteiger partial charge in [-0.3, -0.25) is 9.59 Å². The van der Waals surface area contributed by atoms with E-state index in [1.807, 2.05) is 20.1 Å². The third-order valence-corrected chi connectivity index (χ3v) is 4.54. The number of amides is 2. The molecular weight excluding hydrogens is 370 g/mol. The summed E-state index contributed by atoms with van der Waals surface area (Å²) in [6.07, 6.45) is 5.91. The lowest BCUT2D eigenvalue weighted by Gasteiger charge is -2.23. The molecule has 152 valence electrons. The number of rotatable bonds is 12. The van der Waals surface area contributed by atoms with Gasteiger partial charge < -0.3 is 26.5 Å². The Morgan fingerprint density at radius 3 is 2.44 bits per heavy atom. The number of aromatic amines is 1. The first-order chi connectivity index (χ1) is 12.7. The number of carboxylic acids is 1. The van der Waals surface area contributed by atoms with E-state index in [0.717, 1.165) is 0 Å². The van der Waals surface area contributed by atoms with Crippen molar-refractivity contribution < 1.29 is 19.5 Å². The fraction of sp³-hybridized carbons (Fsp3) is 0.647. The first-order valence-electron chi connectivity index (χ1n) is 8.79. The molecular formula is C17H29N5O4S. The van der Waals surface area contributed by atoms with Crippen molar-refractivity contribution in [2.24, 2.45) is 11.7 Å². The molecule has 0 aliphatic rings. The summed E-state index contributed by atoms with van der Waals surface area (Å²) < 4.78 is 0. The van der Waals surface area contributed by atoms with Gasteiger partial charge in [-0.1, -0.05) is 13.8 Å². The van der Waals surface area contributed by atoms with Crippen molar-refractivity contribution in [3.63, 3.8) is 0 Å². The Kier molecular flexibility index (Phi) is 9.87. The molecule has 2 amide bonds. The van der Waals surface area contributed by atoms with E-state index < -0.39 is 35.9 Å². The number of carboxylic acid groups (broad SMARTS) is 1. The summed E-state index contributed by atoms with van der Waals surface area (Å²) in [6, 6.07) is -2.68. The van der Waals surface area contributed by atoms with E-state index in [9.17, 15) is 19.5 Å². The van der Waals surface area contributed by atoms with Gasteiger partial charge in [0.25, 0.3) is 0 Å². The predicted molar refractivity (Wildman–Crippen MR) is 104 cm³/mol. The molecule has 3 atom stereocenters. The van der Waals surface area contributed by atoms with Crippen LogP contribution in [0.3, 0.4) is 0 Å². The topological polar surface area (TPSA) is 150 Å². The number of nitrogens with one attached hydrogen (secondary N) is 3. The quantitative estimate of drug-likeness (QED) is 0.335. The van der Waals surface area contributed by atoms with Crippen LogP contribution in [-0.2, 0) is 20.8 Å². The number of carbonyl (C=O) groups is 3. The normalized spacial score (nSPS) is 14.4. The highest BCUT2D eigenvalue weighted by molar-refractivity contribution is 7.98. The number of imidazole rings is 1. The van der Waals surface area contributed by atoms with Gasteiger partial charge in [0.05, 0.1) is 12.4 Å². The summed E-state index contributed by atoms with van der Waals surface area (Å²) in [5.74, 6) is -1.34. The second-order valence-corrected chi connectivity index (χ2v) is 7.74. The molecule has 10 heteroatoms. The van der Waals surface area contributed by atoms with Crippen LogP contribution in [0.2, 0.25) is 0 Å².